The zero-order valence-electron chi connectivity index (χ0n) is 13.2. The van der Waals surface area contributed by atoms with Crippen LogP contribution in [0.1, 0.15) is 53.9 Å². The maximum Gasteiger partial charge on any atom is 0.193 e. The first-order chi connectivity index (χ1) is 8.12. The van der Waals surface area contributed by atoms with Crippen molar-refractivity contribution in [3.05, 3.63) is 12.2 Å². The number of ketones is 1. The SMILES string of the molecule is CCCC/C=C/C(=O)[C@@H](C)O[Si](C)(C)C(C)(C)C. The number of hydrogen-bond acceptors (Lipinski definition) is 2. The zero-order chi connectivity index (χ0) is 14.4. The fourth-order valence-electron chi connectivity index (χ4n) is 1.33. The molecule has 0 rings (SSSR count). The Morgan fingerprint density at radius 1 is 1.33 bits per heavy atom. The van der Waals surface area contributed by atoms with E-state index in [2.05, 4.69) is 40.8 Å². The number of unbranched alkanes of at least 4 members (excludes halogenated alkanes) is 2. The maximum absolute atomic E-state index is 11.9. The van der Waals surface area contributed by atoms with E-state index in [1.807, 2.05) is 13.0 Å². The van der Waals surface area contributed by atoms with Gasteiger partial charge in [0, 0.05) is 0 Å². The summed E-state index contributed by atoms with van der Waals surface area (Å²) in [6.07, 6.45) is 6.62. The van der Waals surface area contributed by atoms with Gasteiger partial charge in [0.2, 0.25) is 0 Å². The van der Waals surface area contributed by atoms with Crippen LogP contribution in [0.15, 0.2) is 12.2 Å². The molecule has 0 aliphatic heterocycles. The lowest BCUT2D eigenvalue weighted by Crippen LogP contribution is -2.44. The first-order valence-corrected chi connectivity index (χ1v) is 9.91. The molecule has 106 valence electrons. The second-order valence-corrected chi connectivity index (χ2v) is 11.2. The van der Waals surface area contributed by atoms with E-state index in [-0.39, 0.29) is 16.9 Å². The van der Waals surface area contributed by atoms with Crippen LogP contribution >= 0.6 is 0 Å². The highest BCUT2D eigenvalue weighted by Crippen LogP contribution is 2.37. The van der Waals surface area contributed by atoms with Gasteiger partial charge in [-0.2, -0.15) is 0 Å². The Kier molecular flexibility index (Phi) is 7.08. The van der Waals surface area contributed by atoms with Gasteiger partial charge in [-0.1, -0.05) is 46.6 Å². The molecule has 0 saturated carbocycles. The smallest absolute Gasteiger partial charge is 0.193 e. The second-order valence-electron chi connectivity index (χ2n) is 6.47. The van der Waals surface area contributed by atoms with E-state index in [0.717, 1.165) is 19.3 Å². The van der Waals surface area contributed by atoms with Gasteiger partial charge in [0.1, 0.15) is 6.10 Å². The molecule has 3 heteroatoms. The Balaban J connectivity index is 4.36. The highest BCUT2D eigenvalue weighted by molar-refractivity contribution is 6.74. The van der Waals surface area contributed by atoms with Gasteiger partial charge in [0.05, 0.1) is 0 Å². The minimum absolute atomic E-state index is 0.0935. The third-order valence-electron chi connectivity index (χ3n) is 3.68. The summed E-state index contributed by atoms with van der Waals surface area (Å²) < 4.78 is 6.06. The van der Waals surface area contributed by atoms with Crippen LogP contribution in [0.25, 0.3) is 0 Å². The molecule has 0 bridgehead atoms. The van der Waals surface area contributed by atoms with Crippen LogP contribution in [0.5, 0.6) is 0 Å². The monoisotopic (exact) mass is 270 g/mol. The van der Waals surface area contributed by atoms with Crippen molar-refractivity contribution in [2.75, 3.05) is 0 Å². The Bertz CT molecular complexity index is 287. The van der Waals surface area contributed by atoms with Crippen LogP contribution in [0.2, 0.25) is 18.1 Å². The molecule has 0 aliphatic carbocycles. The van der Waals surface area contributed by atoms with Gasteiger partial charge in [-0.15, -0.1) is 0 Å². The average Bonchev–Trinajstić information content (AvgIpc) is 2.21. The number of allylic oxidation sites excluding steroid dienone is 1. The van der Waals surface area contributed by atoms with Gasteiger partial charge in [-0.3, -0.25) is 4.79 Å². The molecule has 0 aromatic carbocycles. The summed E-state index contributed by atoms with van der Waals surface area (Å²) in [7, 11) is -1.84. The van der Waals surface area contributed by atoms with Crippen molar-refractivity contribution >= 4 is 14.1 Å². The third kappa shape index (κ3) is 5.96. The van der Waals surface area contributed by atoms with Gasteiger partial charge in [-0.25, -0.2) is 0 Å². The molecule has 0 aliphatic rings. The molecule has 0 amide bonds. The molecular formula is C15H30O2Si. The van der Waals surface area contributed by atoms with Gasteiger partial charge in [-0.05, 0) is 37.6 Å². The molecule has 1 atom stereocenters. The van der Waals surface area contributed by atoms with Crippen molar-refractivity contribution in [3.63, 3.8) is 0 Å². The van der Waals surface area contributed by atoms with Crippen LogP contribution in [0.4, 0.5) is 0 Å². The third-order valence-corrected chi connectivity index (χ3v) is 8.24. The van der Waals surface area contributed by atoms with Crippen LogP contribution < -0.4 is 0 Å². The predicted molar refractivity (Wildman–Crippen MR) is 81.4 cm³/mol. The number of carbonyl (C=O) groups excluding carboxylic acids is 1. The molecule has 0 N–H and O–H groups in total. The van der Waals surface area contributed by atoms with Crippen molar-refractivity contribution in [1.29, 1.82) is 0 Å². The van der Waals surface area contributed by atoms with Crippen molar-refractivity contribution in [2.24, 2.45) is 0 Å². The van der Waals surface area contributed by atoms with Crippen molar-refractivity contribution in [1.82, 2.24) is 0 Å². The molecule has 0 heterocycles. The Labute approximate surface area is 114 Å². The minimum Gasteiger partial charge on any atom is -0.407 e. The second kappa shape index (κ2) is 7.24. The highest BCUT2D eigenvalue weighted by atomic mass is 28.4. The molecule has 0 fully saturated rings. The van der Waals surface area contributed by atoms with Crippen molar-refractivity contribution < 1.29 is 9.22 Å². The Morgan fingerprint density at radius 2 is 1.89 bits per heavy atom. The fraction of sp³-hybridized carbons (Fsp3) is 0.800. The molecule has 0 unspecified atom stereocenters. The topological polar surface area (TPSA) is 26.3 Å². The lowest BCUT2D eigenvalue weighted by molar-refractivity contribution is -0.120. The molecule has 0 aromatic heterocycles. The standard InChI is InChI=1S/C15H30O2Si/c1-8-9-10-11-12-14(16)13(2)17-18(6,7)15(3,4)5/h11-13H,8-10H2,1-7H3/b12-11+/t13-/m1/s1. The van der Waals surface area contributed by atoms with E-state index in [4.69, 9.17) is 4.43 Å². The van der Waals surface area contributed by atoms with E-state index in [9.17, 15) is 4.79 Å². The average molecular weight is 270 g/mol. The molecular weight excluding hydrogens is 240 g/mol. The lowest BCUT2D eigenvalue weighted by atomic mass is 10.2. The van der Waals surface area contributed by atoms with E-state index in [0.29, 0.717) is 0 Å². The summed E-state index contributed by atoms with van der Waals surface area (Å²) in [5, 5.41) is 0.146. The first kappa shape index (κ1) is 17.6. The van der Waals surface area contributed by atoms with Gasteiger partial charge in [0.15, 0.2) is 14.1 Å². The number of rotatable bonds is 7. The molecule has 0 radical (unpaired) electrons. The van der Waals surface area contributed by atoms with E-state index >= 15 is 0 Å². The number of hydrogen-bond donors (Lipinski definition) is 0. The van der Waals surface area contributed by atoms with Gasteiger partial charge < -0.3 is 4.43 Å². The summed E-state index contributed by atoms with van der Waals surface area (Å²) in [4.78, 5) is 11.9. The zero-order valence-corrected chi connectivity index (χ0v) is 14.2. The minimum atomic E-state index is -1.84. The highest BCUT2D eigenvalue weighted by Gasteiger charge is 2.39. The predicted octanol–water partition coefficient (Wildman–Crippen LogP) is 4.71. The largest absolute Gasteiger partial charge is 0.407 e. The van der Waals surface area contributed by atoms with Crippen LogP contribution in [-0.4, -0.2) is 20.2 Å². The summed E-state index contributed by atoms with van der Waals surface area (Å²) in [5.74, 6) is 0.0935. The van der Waals surface area contributed by atoms with Gasteiger partial charge in [0.25, 0.3) is 0 Å². The van der Waals surface area contributed by atoms with Crippen LogP contribution in [-0.2, 0) is 9.22 Å². The quantitative estimate of drug-likeness (QED) is 0.380. The van der Waals surface area contributed by atoms with Crippen molar-refractivity contribution in [2.45, 2.75) is 78.1 Å². The van der Waals surface area contributed by atoms with E-state index < -0.39 is 8.32 Å². The fourth-order valence-corrected chi connectivity index (χ4v) is 2.69. The Hall–Kier alpha value is -0.413. The summed E-state index contributed by atoms with van der Waals surface area (Å²) in [6.45, 7) is 14.9. The Morgan fingerprint density at radius 3 is 2.33 bits per heavy atom. The normalized spacial score (nSPS) is 15.1. The van der Waals surface area contributed by atoms with Crippen LogP contribution in [0, 0.1) is 0 Å². The molecule has 0 aromatic rings. The van der Waals surface area contributed by atoms with E-state index in [1.165, 1.54) is 0 Å². The van der Waals surface area contributed by atoms with Crippen molar-refractivity contribution in [3.8, 4) is 0 Å². The summed E-state index contributed by atoms with van der Waals surface area (Å²) in [6, 6.07) is 0. The maximum atomic E-state index is 11.9. The lowest BCUT2D eigenvalue weighted by Gasteiger charge is -2.37. The summed E-state index contributed by atoms with van der Waals surface area (Å²) in [5.41, 5.74) is 0. The van der Waals surface area contributed by atoms with E-state index in [1.54, 1.807) is 6.08 Å². The number of carbonyl (C=O) groups is 1. The molecule has 0 spiro atoms. The molecule has 0 saturated heterocycles. The molecule has 2 nitrogen and oxygen atoms in total. The first-order valence-electron chi connectivity index (χ1n) is 7.00. The summed E-state index contributed by atoms with van der Waals surface area (Å²) >= 11 is 0. The van der Waals surface area contributed by atoms with Gasteiger partial charge >= 0.3 is 0 Å². The van der Waals surface area contributed by atoms with Crippen LogP contribution in [0.3, 0.4) is 0 Å². The molecule has 18 heavy (non-hydrogen) atoms.